The van der Waals surface area contributed by atoms with Gasteiger partial charge in [0.25, 0.3) is 0 Å². The van der Waals surface area contributed by atoms with Crippen LogP contribution in [0, 0.1) is 0 Å². The van der Waals surface area contributed by atoms with E-state index in [4.69, 9.17) is 21.4 Å². The molecule has 0 heterocycles. The van der Waals surface area contributed by atoms with Crippen LogP contribution in [0.5, 0.6) is 5.75 Å². The van der Waals surface area contributed by atoms with Crippen molar-refractivity contribution in [2.75, 3.05) is 6.61 Å². The van der Waals surface area contributed by atoms with Crippen molar-refractivity contribution in [1.29, 1.82) is 0 Å². The largest absolute Gasteiger partial charge is 0.480 e. The maximum atomic E-state index is 10.5. The summed E-state index contributed by atoms with van der Waals surface area (Å²) in [6.07, 6.45) is 1.72. The number of benzene rings is 3. The van der Waals surface area contributed by atoms with Gasteiger partial charge < -0.3 is 9.84 Å². The highest BCUT2D eigenvalue weighted by Gasteiger charge is 2.05. The first-order valence-corrected chi connectivity index (χ1v) is 7.67. The van der Waals surface area contributed by atoms with Gasteiger partial charge in [-0.1, -0.05) is 48.0 Å². The number of carboxylic acids is 1. The normalized spacial score (nSPS) is 11.0. The van der Waals surface area contributed by atoms with E-state index < -0.39 is 12.6 Å². The lowest BCUT2D eigenvalue weighted by molar-refractivity contribution is -0.139. The van der Waals surface area contributed by atoms with E-state index in [0.717, 1.165) is 22.0 Å². The number of rotatable bonds is 5. The van der Waals surface area contributed by atoms with Crippen LogP contribution in [0.4, 0.5) is 5.69 Å². The van der Waals surface area contributed by atoms with Crippen molar-refractivity contribution in [3.8, 4) is 5.75 Å². The van der Waals surface area contributed by atoms with Crippen LogP contribution in [0.25, 0.3) is 10.8 Å². The molecular weight excluding hydrogens is 326 g/mol. The zero-order valence-corrected chi connectivity index (χ0v) is 13.4. The fraction of sp³-hybridized carbons (Fsp3) is 0.0526. The van der Waals surface area contributed by atoms with E-state index >= 15 is 0 Å². The Morgan fingerprint density at radius 2 is 1.92 bits per heavy atom. The van der Waals surface area contributed by atoms with Gasteiger partial charge in [0.15, 0.2) is 6.61 Å². The Morgan fingerprint density at radius 3 is 2.71 bits per heavy atom. The van der Waals surface area contributed by atoms with E-state index in [2.05, 4.69) is 4.99 Å². The maximum Gasteiger partial charge on any atom is 0.341 e. The second kappa shape index (κ2) is 7.15. The summed E-state index contributed by atoms with van der Waals surface area (Å²) in [5.74, 6) is -0.714. The Morgan fingerprint density at radius 1 is 1.12 bits per heavy atom. The monoisotopic (exact) mass is 339 g/mol. The molecular formula is C19H14ClNO3. The number of nitrogens with zero attached hydrogens (tertiary/aromatic N) is 1. The van der Waals surface area contributed by atoms with Crippen LogP contribution in [0.1, 0.15) is 5.56 Å². The summed E-state index contributed by atoms with van der Waals surface area (Å²) in [6, 6.07) is 19.1. The molecule has 0 spiro atoms. The van der Waals surface area contributed by atoms with Crippen molar-refractivity contribution >= 4 is 40.2 Å². The molecule has 0 aliphatic carbocycles. The lowest BCUT2D eigenvalue weighted by atomic mass is 10.1. The molecule has 0 fully saturated rings. The van der Waals surface area contributed by atoms with Crippen LogP contribution >= 0.6 is 11.6 Å². The SMILES string of the molecule is O=C(O)COc1ccc(C=Nc2cccc3ccccc23)cc1Cl. The maximum absolute atomic E-state index is 10.5. The average molecular weight is 340 g/mol. The van der Waals surface area contributed by atoms with Crippen molar-refractivity contribution in [3.05, 3.63) is 71.2 Å². The molecule has 0 unspecified atom stereocenters. The first kappa shape index (κ1) is 16.0. The lowest BCUT2D eigenvalue weighted by Gasteiger charge is -2.06. The van der Waals surface area contributed by atoms with E-state index in [1.54, 1.807) is 24.4 Å². The predicted molar refractivity (Wildman–Crippen MR) is 95.8 cm³/mol. The summed E-state index contributed by atoms with van der Waals surface area (Å²) in [4.78, 5) is 15.1. The van der Waals surface area contributed by atoms with Crippen molar-refractivity contribution in [2.24, 2.45) is 4.99 Å². The summed E-state index contributed by atoms with van der Waals surface area (Å²) in [6.45, 7) is -0.427. The van der Waals surface area contributed by atoms with Gasteiger partial charge >= 0.3 is 5.97 Å². The van der Waals surface area contributed by atoms with Gasteiger partial charge in [-0.2, -0.15) is 0 Å². The number of fused-ring (bicyclic) bond motifs is 1. The third-order valence-corrected chi connectivity index (χ3v) is 3.72. The molecule has 0 aliphatic heterocycles. The lowest BCUT2D eigenvalue weighted by Crippen LogP contribution is -2.09. The third-order valence-electron chi connectivity index (χ3n) is 3.43. The highest BCUT2D eigenvalue weighted by Crippen LogP contribution is 2.27. The first-order valence-electron chi connectivity index (χ1n) is 7.29. The van der Waals surface area contributed by atoms with Gasteiger partial charge in [0, 0.05) is 11.6 Å². The van der Waals surface area contributed by atoms with E-state index in [9.17, 15) is 4.79 Å². The van der Waals surface area contributed by atoms with Gasteiger partial charge in [-0.15, -0.1) is 0 Å². The number of carboxylic acid groups (broad SMARTS) is 1. The third kappa shape index (κ3) is 3.73. The van der Waals surface area contributed by atoms with Crippen molar-refractivity contribution < 1.29 is 14.6 Å². The molecule has 3 rings (SSSR count). The molecule has 0 aromatic heterocycles. The number of aliphatic imine (C=N–C) groups is 1. The molecule has 120 valence electrons. The minimum Gasteiger partial charge on any atom is -0.480 e. The predicted octanol–water partition coefficient (Wildman–Crippen LogP) is 4.71. The molecule has 4 nitrogen and oxygen atoms in total. The zero-order chi connectivity index (χ0) is 16.9. The Balaban J connectivity index is 1.83. The van der Waals surface area contributed by atoms with E-state index in [1.807, 2.05) is 42.5 Å². The molecule has 0 bridgehead atoms. The second-order valence-corrected chi connectivity index (χ2v) is 5.54. The Hall–Kier alpha value is -2.85. The standard InChI is InChI=1S/C19H14ClNO3/c20-16-10-13(8-9-18(16)24-12-19(22)23)11-21-17-7-3-5-14-4-1-2-6-15(14)17/h1-11H,12H2,(H,22,23). The molecule has 0 saturated carbocycles. The van der Waals surface area contributed by atoms with Gasteiger partial charge in [0.05, 0.1) is 10.7 Å². The van der Waals surface area contributed by atoms with E-state index in [-0.39, 0.29) is 0 Å². The van der Waals surface area contributed by atoms with Crippen LogP contribution in [-0.4, -0.2) is 23.9 Å². The van der Waals surface area contributed by atoms with Crippen LogP contribution in [0.15, 0.2) is 65.7 Å². The number of ether oxygens (including phenoxy) is 1. The van der Waals surface area contributed by atoms with Crippen molar-refractivity contribution in [3.63, 3.8) is 0 Å². The van der Waals surface area contributed by atoms with Gasteiger partial charge in [-0.05, 0) is 35.2 Å². The highest BCUT2D eigenvalue weighted by atomic mass is 35.5. The fourth-order valence-electron chi connectivity index (χ4n) is 2.32. The summed E-state index contributed by atoms with van der Waals surface area (Å²) < 4.78 is 5.10. The molecule has 3 aromatic rings. The summed E-state index contributed by atoms with van der Waals surface area (Å²) in [5, 5.41) is 11.2. The smallest absolute Gasteiger partial charge is 0.341 e. The molecule has 5 heteroatoms. The van der Waals surface area contributed by atoms with Crippen LogP contribution < -0.4 is 4.74 Å². The molecule has 24 heavy (non-hydrogen) atoms. The summed E-state index contributed by atoms with van der Waals surface area (Å²) in [5.41, 5.74) is 1.67. The summed E-state index contributed by atoms with van der Waals surface area (Å²) >= 11 is 6.11. The average Bonchev–Trinajstić information content (AvgIpc) is 2.59. The van der Waals surface area contributed by atoms with Crippen LogP contribution in [0.2, 0.25) is 5.02 Å². The van der Waals surface area contributed by atoms with Crippen molar-refractivity contribution in [1.82, 2.24) is 0 Å². The zero-order valence-electron chi connectivity index (χ0n) is 12.6. The Bertz CT molecular complexity index is 916. The minimum absolute atomic E-state index is 0.335. The van der Waals surface area contributed by atoms with E-state index in [1.165, 1.54) is 0 Å². The topological polar surface area (TPSA) is 58.9 Å². The minimum atomic E-state index is -1.05. The fourth-order valence-corrected chi connectivity index (χ4v) is 2.56. The highest BCUT2D eigenvalue weighted by molar-refractivity contribution is 6.32. The molecule has 3 aromatic carbocycles. The Labute approximate surface area is 144 Å². The van der Waals surface area contributed by atoms with Gasteiger partial charge in [0.2, 0.25) is 0 Å². The molecule has 0 amide bonds. The molecule has 0 aliphatic rings. The quantitative estimate of drug-likeness (QED) is 0.685. The van der Waals surface area contributed by atoms with Gasteiger partial charge in [0.1, 0.15) is 5.75 Å². The van der Waals surface area contributed by atoms with Gasteiger partial charge in [-0.25, -0.2) is 4.79 Å². The van der Waals surface area contributed by atoms with Gasteiger partial charge in [-0.3, -0.25) is 4.99 Å². The van der Waals surface area contributed by atoms with Crippen molar-refractivity contribution in [2.45, 2.75) is 0 Å². The summed E-state index contributed by atoms with van der Waals surface area (Å²) in [7, 11) is 0. The number of aliphatic carboxylic acids is 1. The molecule has 0 radical (unpaired) electrons. The van der Waals surface area contributed by atoms with Crippen LogP contribution in [0.3, 0.4) is 0 Å². The first-order chi connectivity index (χ1) is 11.6. The second-order valence-electron chi connectivity index (χ2n) is 5.13. The molecule has 0 saturated heterocycles. The molecule has 1 N–H and O–H groups in total. The van der Waals surface area contributed by atoms with E-state index in [0.29, 0.717) is 10.8 Å². The number of halogens is 1. The number of hydrogen-bond donors (Lipinski definition) is 1. The molecule has 0 atom stereocenters. The number of carbonyl (C=O) groups is 1. The Kier molecular flexibility index (Phi) is 4.77. The number of hydrogen-bond acceptors (Lipinski definition) is 3. The van der Waals surface area contributed by atoms with Crippen LogP contribution in [-0.2, 0) is 4.79 Å².